The minimum Gasteiger partial charge on any atom is -0.506 e. The van der Waals surface area contributed by atoms with Crippen molar-refractivity contribution in [2.75, 3.05) is 6.54 Å². The predicted molar refractivity (Wildman–Crippen MR) is 60.4 cm³/mol. The molecule has 1 fully saturated rings. The molecule has 1 aromatic rings. The molecule has 1 aromatic heterocycles. The van der Waals surface area contributed by atoms with Crippen LogP contribution in [-0.2, 0) is 11.2 Å². The van der Waals surface area contributed by atoms with Crippen molar-refractivity contribution in [1.82, 2.24) is 9.88 Å². The summed E-state index contributed by atoms with van der Waals surface area (Å²) in [5.41, 5.74) is 0.401. The fraction of sp³-hybridized carbons (Fsp3) is 0.500. The molecule has 1 aliphatic heterocycles. The van der Waals surface area contributed by atoms with Crippen LogP contribution < -0.4 is 0 Å². The van der Waals surface area contributed by atoms with Crippen LogP contribution in [-0.4, -0.2) is 39.7 Å². The van der Waals surface area contributed by atoms with Crippen molar-refractivity contribution in [2.24, 2.45) is 0 Å². The van der Waals surface area contributed by atoms with E-state index in [1.807, 2.05) is 0 Å². The summed E-state index contributed by atoms with van der Waals surface area (Å²) in [4.78, 5) is 16.5. The number of carbonyl (C=O) groups excluding carboxylic acids is 1. The SMILES string of the molecule is O=C(Cc1cncc(O)c1)N1CCC[C@H]1C(F)(F)F. The van der Waals surface area contributed by atoms with Crippen LogP contribution >= 0.6 is 0 Å². The summed E-state index contributed by atoms with van der Waals surface area (Å²) >= 11 is 0. The maximum Gasteiger partial charge on any atom is 0.408 e. The average Bonchev–Trinajstić information content (AvgIpc) is 2.77. The van der Waals surface area contributed by atoms with E-state index in [-0.39, 0.29) is 25.1 Å². The van der Waals surface area contributed by atoms with Gasteiger partial charge in [0, 0.05) is 12.7 Å². The summed E-state index contributed by atoms with van der Waals surface area (Å²) in [6.07, 6.45) is -1.71. The molecule has 2 heterocycles. The Labute approximate surface area is 107 Å². The molecule has 0 unspecified atom stereocenters. The van der Waals surface area contributed by atoms with E-state index in [0.29, 0.717) is 12.0 Å². The third kappa shape index (κ3) is 3.15. The van der Waals surface area contributed by atoms with Gasteiger partial charge in [0.1, 0.15) is 11.8 Å². The van der Waals surface area contributed by atoms with Crippen molar-refractivity contribution in [3.8, 4) is 5.75 Å². The zero-order valence-corrected chi connectivity index (χ0v) is 10.0. The fourth-order valence-electron chi connectivity index (χ4n) is 2.25. The second-order valence-corrected chi connectivity index (χ2v) is 4.51. The van der Waals surface area contributed by atoms with E-state index in [9.17, 15) is 23.1 Å². The summed E-state index contributed by atoms with van der Waals surface area (Å²) < 4.78 is 38.2. The Morgan fingerprint density at radius 2 is 2.21 bits per heavy atom. The lowest BCUT2D eigenvalue weighted by atomic mass is 10.1. The first-order chi connectivity index (χ1) is 8.88. The van der Waals surface area contributed by atoms with Gasteiger partial charge in [-0.15, -0.1) is 0 Å². The molecule has 0 radical (unpaired) electrons. The number of aromatic hydroxyl groups is 1. The molecule has 0 aliphatic carbocycles. The maximum atomic E-state index is 12.7. The Bertz CT molecular complexity index is 476. The molecule has 0 saturated carbocycles. The summed E-state index contributed by atoms with van der Waals surface area (Å²) in [7, 11) is 0. The number of hydrogen-bond acceptors (Lipinski definition) is 3. The first kappa shape index (κ1) is 13.6. The Balaban J connectivity index is 2.07. The van der Waals surface area contributed by atoms with E-state index < -0.39 is 18.1 Å². The highest BCUT2D eigenvalue weighted by atomic mass is 19.4. The monoisotopic (exact) mass is 274 g/mol. The third-order valence-electron chi connectivity index (χ3n) is 3.09. The van der Waals surface area contributed by atoms with Gasteiger partial charge in [0.15, 0.2) is 0 Å². The largest absolute Gasteiger partial charge is 0.506 e. The topological polar surface area (TPSA) is 53.4 Å². The van der Waals surface area contributed by atoms with Crippen LogP contribution in [0.3, 0.4) is 0 Å². The highest BCUT2D eigenvalue weighted by Gasteiger charge is 2.47. The zero-order valence-electron chi connectivity index (χ0n) is 10.0. The summed E-state index contributed by atoms with van der Waals surface area (Å²) in [5.74, 6) is -0.702. The number of halogens is 3. The van der Waals surface area contributed by atoms with Crippen molar-refractivity contribution in [3.05, 3.63) is 24.0 Å². The lowest BCUT2D eigenvalue weighted by Crippen LogP contribution is -2.45. The summed E-state index contributed by atoms with van der Waals surface area (Å²) in [5, 5.41) is 9.21. The van der Waals surface area contributed by atoms with Gasteiger partial charge in [0.05, 0.1) is 12.6 Å². The van der Waals surface area contributed by atoms with E-state index in [2.05, 4.69) is 4.98 Å². The lowest BCUT2D eigenvalue weighted by Gasteiger charge is -2.26. The smallest absolute Gasteiger partial charge is 0.408 e. The second kappa shape index (κ2) is 5.07. The van der Waals surface area contributed by atoms with Crippen molar-refractivity contribution < 1.29 is 23.1 Å². The van der Waals surface area contributed by atoms with Gasteiger partial charge in [0.25, 0.3) is 0 Å². The number of likely N-dealkylation sites (tertiary alicyclic amines) is 1. The Hall–Kier alpha value is -1.79. The van der Waals surface area contributed by atoms with E-state index in [0.717, 1.165) is 4.90 Å². The minimum atomic E-state index is -4.39. The number of nitrogens with zero attached hydrogens (tertiary/aromatic N) is 2. The Morgan fingerprint density at radius 3 is 2.84 bits per heavy atom. The van der Waals surface area contributed by atoms with Crippen LogP contribution in [0.25, 0.3) is 0 Å². The summed E-state index contributed by atoms with van der Waals surface area (Å²) in [6, 6.07) is -0.367. The molecular weight excluding hydrogens is 261 g/mol. The van der Waals surface area contributed by atoms with E-state index in [4.69, 9.17) is 0 Å². The number of carbonyl (C=O) groups is 1. The van der Waals surface area contributed by atoms with Gasteiger partial charge >= 0.3 is 6.18 Å². The molecule has 1 saturated heterocycles. The average molecular weight is 274 g/mol. The van der Waals surface area contributed by atoms with Crippen LogP contribution in [0.2, 0.25) is 0 Å². The lowest BCUT2D eigenvalue weighted by molar-refractivity contribution is -0.182. The van der Waals surface area contributed by atoms with Crippen molar-refractivity contribution >= 4 is 5.91 Å². The maximum absolute atomic E-state index is 12.7. The van der Waals surface area contributed by atoms with Crippen molar-refractivity contribution in [3.63, 3.8) is 0 Å². The molecular formula is C12H13F3N2O2. The number of rotatable bonds is 2. The highest BCUT2D eigenvalue weighted by molar-refractivity contribution is 5.79. The predicted octanol–water partition coefficient (Wildman–Crippen LogP) is 1.88. The minimum absolute atomic E-state index is 0.0481. The third-order valence-corrected chi connectivity index (χ3v) is 3.09. The van der Waals surface area contributed by atoms with Crippen LogP contribution in [0, 0.1) is 0 Å². The van der Waals surface area contributed by atoms with Crippen molar-refractivity contribution in [1.29, 1.82) is 0 Å². The number of alkyl halides is 3. The van der Waals surface area contributed by atoms with Gasteiger partial charge in [0.2, 0.25) is 5.91 Å². The molecule has 7 heteroatoms. The zero-order chi connectivity index (χ0) is 14.0. The normalized spacial score (nSPS) is 19.7. The van der Waals surface area contributed by atoms with E-state index in [1.54, 1.807) is 0 Å². The first-order valence-corrected chi connectivity index (χ1v) is 5.87. The molecule has 0 spiro atoms. The Kier molecular flexibility index (Phi) is 3.64. The number of aromatic nitrogens is 1. The quantitative estimate of drug-likeness (QED) is 0.896. The molecule has 0 aromatic carbocycles. The van der Waals surface area contributed by atoms with Gasteiger partial charge in [-0.3, -0.25) is 9.78 Å². The number of amides is 1. The molecule has 4 nitrogen and oxygen atoms in total. The number of pyridine rings is 1. The van der Waals surface area contributed by atoms with E-state index in [1.165, 1.54) is 18.5 Å². The first-order valence-electron chi connectivity index (χ1n) is 5.87. The molecule has 1 atom stereocenters. The van der Waals surface area contributed by atoms with E-state index >= 15 is 0 Å². The summed E-state index contributed by atoms with van der Waals surface area (Å²) in [6.45, 7) is 0.120. The molecule has 104 valence electrons. The van der Waals surface area contributed by atoms with Gasteiger partial charge < -0.3 is 10.0 Å². The molecule has 1 aliphatic rings. The molecule has 1 amide bonds. The number of hydrogen-bond donors (Lipinski definition) is 1. The highest BCUT2D eigenvalue weighted by Crippen LogP contribution is 2.32. The molecule has 19 heavy (non-hydrogen) atoms. The van der Waals surface area contributed by atoms with Gasteiger partial charge in [-0.25, -0.2) is 0 Å². The van der Waals surface area contributed by atoms with Crippen LogP contribution in [0.1, 0.15) is 18.4 Å². The Morgan fingerprint density at radius 1 is 1.47 bits per heavy atom. The van der Waals surface area contributed by atoms with Gasteiger partial charge in [-0.2, -0.15) is 13.2 Å². The standard InChI is InChI=1S/C12H13F3N2O2/c13-12(14,15)10-2-1-3-17(10)11(19)5-8-4-9(18)7-16-6-8/h4,6-7,10,18H,1-3,5H2/t10-/m0/s1. The molecule has 0 bridgehead atoms. The van der Waals surface area contributed by atoms with Crippen molar-refractivity contribution in [2.45, 2.75) is 31.5 Å². The van der Waals surface area contributed by atoms with Crippen LogP contribution in [0.5, 0.6) is 5.75 Å². The fourth-order valence-corrected chi connectivity index (χ4v) is 2.25. The van der Waals surface area contributed by atoms with Gasteiger partial charge in [-0.05, 0) is 24.5 Å². The molecule has 2 rings (SSSR count). The van der Waals surface area contributed by atoms with Gasteiger partial charge in [-0.1, -0.05) is 0 Å². The molecule has 1 N–H and O–H groups in total. The second-order valence-electron chi connectivity index (χ2n) is 4.51. The van der Waals surface area contributed by atoms with Crippen LogP contribution in [0.15, 0.2) is 18.5 Å². The van der Waals surface area contributed by atoms with Crippen LogP contribution in [0.4, 0.5) is 13.2 Å².